The second-order valence-corrected chi connectivity index (χ2v) is 10.8. The van der Waals surface area contributed by atoms with Crippen LogP contribution in [0.5, 0.6) is 28.7 Å². The number of rotatable bonds is 23. The Labute approximate surface area is 270 Å². The average Bonchev–Trinajstić information content (AvgIpc) is 3.54. The molecule has 2 aromatic carbocycles. The zero-order valence-electron chi connectivity index (χ0n) is 27.7. The van der Waals surface area contributed by atoms with Gasteiger partial charge in [-0.15, -0.1) is 0 Å². The van der Waals surface area contributed by atoms with Crippen LogP contribution >= 0.6 is 0 Å². The molecule has 254 valence electrons. The fraction of sp³-hybridized carbons (Fsp3) is 0.545. The molecule has 2 atom stereocenters. The highest BCUT2D eigenvalue weighted by Crippen LogP contribution is 2.41. The highest BCUT2D eigenvalue weighted by atomic mass is 16.6. The summed E-state index contributed by atoms with van der Waals surface area (Å²) >= 11 is 0. The number of hydrogen-bond acceptors (Lipinski definition) is 11. The summed E-state index contributed by atoms with van der Waals surface area (Å²) in [5.41, 5.74) is 2.24. The first kappa shape index (κ1) is 36.4. The summed E-state index contributed by atoms with van der Waals surface area (Å²) in [6.07, 6.45) is 4.49. The van der Waals surface area contributed by atoms with Crippen LogP contribution in [-0.4, -0.2) is 89.2 Å². The molecule has 0 saturated carbocycles. The van der Waals surface area contributed by atoms with Crippen molar-refractivity contribution in [3.63, 3.8) is 0 Å². The Morgan fingerprint density at radius 1 is 0.739 bits per heavy atom. The third-order valence-electron chi connectivity index (χ3n) is 7.62. The summed E-state index contributed by atoms with van der Waals surface area (Å²) in [6.45, 7) is 7.70. The van der Waals surface area contributed by atoms with E-state index < -0.39 is 4.92 Å². The lowest BCUT2D eigenvalue weighted by Gasteiger charge is -2.23. The first-order valence-electron chi connectivity index (χ1n) is 15.3. The summed E-state index contributed by atoms with van der Waals surface area (Å²) in [5, 5.41) is 10.7. The monoisotopic (exact) mass is 645 g/mol. The van der Waals surface area contributed by atoms with Crippen LogP contribution < -0.4 is 23.7 Å². The topological polar surface area (TPSA) is 135 Å². The maximum atomic E-state index is 10.7. The Morgan fingerprint density at radius 2 is 1.35 bits per heavy atom. The first-order valence-corrected chi connectivity index (χ1v) is 15.3. The van der Waals surface area contributed by atoms with Crippen LogP contribution in [0.4, 0.5) is 5.82 Å². The maximum Gasteiger partial charge on any atom is 0.381 e. The van der Waals surface area contributed by atoms with Gasteiger partial charge in [-0.1, -0.05) is 26.0 Å². The van der Waals surface area contributed by atoms with Crippen molar-refractivity contribution in [1.82, 2.24) is 9.55 Å². The minimum atomic E-state index is -0.529. The van der Waals surface area contributed by atoms with Gasteiger partial charge >= 0.3 is 5.82 Å². The zero-order chi connectivity index (χ0) is 33.3. The molecule has 3 aromatic rings. The van der Waals surface area contributed by atoms with Crippen molar-refractivity contribution in [1.29, 1.82) is 0 Å². The van der Waals surface area contributed by atoms with Crippen molar-refractivity contribution in [2.75, 3.05) is 74.7 Å². The molecule has 0 fully saturated rings. The summed E-state index contributed by atoms with van der Waals surface area (Å²) < 4.78 is 46.6. The summed E-state index contributed by atoms with van der Waals surface area (Å²) in [4.78, 5) is 13.8. The van der Waals surface area contributed by atoms with Gasteiger partial charge in [-0.2, -0.15) is 0 Å². The van der Waals surface area contributed by atoms with Crippen LogP contribution in [0, 0.1) is 22.0 Å². The third kappa shape index (κ3) is 11.1. The van der Waals surface area contributed by atoms with Gasteiger partial charge in [0.2, 0.25) is 12.1 Å². The van der Waals surface area contributed by atoms with E-state index in [0.717, 1.165) is 29.9 Å². The van der Waals surface area contributed by atoms with E-state index >= 15 is 0 Å². The Balaban J connectivity index is 1.38. The SMILES string of the molecule is COc1ccc(C[C@@H](C)[C@@H](C)Cc2ccc(OC)c(OCCOCCOCCOCCn3cnc([N+](=O)[O-])c3)c2OC)cc1OC. The smallest absolute Gasteiger partial charge is 0.381 e. The van der Waals surface area contributed by atoms with E-state index in [4.69, 9.17) is 37.9 Å². The number of aromatic nitrogens is 2. The van der Waals surface area contributed by atoms with Gasteiger partial charge in [-0.3, -0.25) is 0 Å². The Kier molecular flexibility index (Phi) is 15.4. The molecule has 0 spiro atoms. The van der Waals surface area contributed by atoms with Crippen LogP contribution in [0.25, 0.3) is 0 Å². The molecule has 3 rings (SSSR count). The minimum absolute atomic E-state index is 0.181. The highest BCUT2D eigenvalue weighted by molar-refractivity contribution is 5.56. The van der Waals surface area contributed by atoms with E-state index in [0.29, 0.717) is 81.9 Å². The maximum absolute atomic E-state index is 10.7. The molecular formula is C33H47N3O10. The lowest BCUT2D eigenvalue weighted by Crippen LogP contribution is -2.15. The predicted molar refractivity (Wildman–Crippen MR) is 172 cm³/mol. The van der Waals surface area contributed by atoms with E-state index in [1.165, 1.54) is 18.1 Å². The predicted octanol–water partition coefficient (Wildman–Crippen LogP) is 5.01. The Morgan fingerprint density at radius 3 is 1.96 bits per heavy atom. The molecule has 0 amide bonds. The quantitative estimate of drug-likeness (QED) is 0.0782. The van der Waals surface area contributed by atoms with E-state index in [-0.39, 0.29) is 5.82 Å². The highest BCUT2D eigenvalue weighted by Gasteiger charge is 2.21. The second-order valence-electron chi connectivity index (χ2n) is 10.8. The van der Waals surface area contributed by atoms with Crippen molar-refractivity contribution < 1.29 is 42.8 Å². The molecule has 0 unspecified atom stereocenters. The molecule has 0 radical (unpaired) electrons. The molecule has 1 heterocycles. The summed E-state index contributed by atoms with van der Waals surface area (Å²) in [5.74, 6) is 3.85. The van der Waals surface area contributed by atoms with E-state index in [9.17, 15) is 10.1 Å². The molecule has 0 bridgehead atoms. The van der Waals surface area contributed by atoms with Crippen molar-refractivity contribution in [2.45, 2.75) is 33.2 Å². The number of imidazole rings is 1. The molecule has 13 heteroatoms. The summed E-state index contributed by atoms with van der Waals surface area (Å²) in [7, 11) is 6.54. The number of hydrogen-bond donors (Lipinski definition) is 0. The van der Waals surface area contributed by atoms with Crippen LogP contribution in [0.3, 0.4) is 0 Å². The average molecular weight is 646 g/mol. The van der Waals surface area contributed by atoms with Crippen LogP contribution in [-0.2, 0) is 33.6 Å². The number of nitro groups is 1. The minimum Gasteiger partial charge on any atom is -0.493 e. The van der Waals surface area contributed by atoms with Crippen molar-refractivity contribution in [3.8, 4) is 28.7 Å². The van der Waals surface area contributed by atoms with Crippen molar-refractivity contribution in [2.24, 2.45) is 11.8 Å². The van der Waals surface area contributed by atoms with Crippen LogP contribution in [0.15, 0.2) is 42.9 Å². The third-order valence-corrected chi connectivity index (χ3v) is 7.62. The van der Waals surface area contributed by atoms with Gasteiger partial charge in [0.1, 0.15) is 12.8 Å². The van der Waals surface area contributed by atoms with E-state index in [1.807, 2.05) is 24.3 Å². The summed E-state index contributed by atoms with van der Waals surface area (Å²) in [6, 6.07) is 10.0. The molecule has 46 heavy (non-hydrogen) atoms. The second kappa shape index (κ2) is 19.4. The zero-order valence-corrected chi connectivity index (χ0v) is 27.7. The van der Waals surface area contributed by atoms with E-state index in [2.05, 4.69) is 24.9 Å². The standard InChI is InChI=1S/C33H47N3O10/c1-24(19-26-7-9-28(39-3)30(21-26)41-5)25(2)20-27-8-10-29(40-4)33(32(27)42-6)46-18-17-45-16-15-44-14-13-43-12-11-35-22-31(34-23-35)36(37)38/h7-10,21-25H,11-20H2,1-6H3/t24-,25+/m1/s1. The van der Waals surface area contributed by atoms with Gasteiger partial charge < -0.3 is 52.6 Å². The molecule has 0 saturated heterocycles. The van der Waals surface area contributed by atoms with Gasteiger partial charge in [0.15, 0.2) is 23.0 Å². The molecule has 1 aromatic heterocycles. The normalized spacial score (nSPS) is 12.4. The van der Waals surface area contributed by atoms with Gasteiger partial charge in [-0.25, -0.2) is 0 Å². The Bertz CT molecular complexity index is 1350. The van der Waals surface area contributed by atoms with Gasteiger partial charge in [0, 0.05) is 6.54 Å². The number of nitrogens with zero attached hydrogens (tertiary/aromatic N) is 3. The van der Waals surface area contributed by atoms with Gasteiger partial charge in [0.05, 0.1) is 68.1 Å². The van der Waals surface area contributed by atoms with Gasteiger partial charge in [-0.05, 0) is 63.9 Å². The molecule has 13 nitrogen and oxygen atoms in total. The van der Waals surface area contributed by atoms with Crippen LogP contribution in [0.1, 0.15) is 25.0 Å². The van der Waals surface area contributed by atoms with Gasteiger partial charge in [0.25, 0.3) is 0 Å². The fourth-order valence-corrected chi connectivity index (χ4v) is 4.88. The van der Waals surface area contributed by atoms with Crippen molar-refractivity contribution >= 4 is 5.82 Å². The molecule has 0 N–H and O–H groups in total. The van der Waals surface area contributed by atoms with Crippen LogP contribution in [0.2, 0.25) is 0 Å². The number of benzene rings is 2. The molecular weight excluding hydrogens is 598 g/mol. The number of methoxy groups -OCH3 is 4. The first-order chi connectivity index (χ1) is 22.3. The molecule has 0 aliphatic heterocycles. The lowest BCUT2D eigenvalue weighted by atomic mass is 9.85. The fourth-order valence-electron chi connectivity index (χ4n) is 4.88. The lowest BCUT2D eigenvalue weighted by molar-refractivity contribution is -0.389. The molecule has 0 aliphatic rings. The Hall–Kier alpha value is -4.07. The molecule has 0 aliphatic carbocycles. The largest absolute Gasteiger partial charge is 0.493 e. The van der Waals surface area contributed by atoms with Crippen molar-refractivity contribution in [3.05, 3.63) is 64.1 Å². The number of ether oxygens (including phenoxy) is 8. The van der Waals surface area contributed by atoms with E-state index in [1.54, 1.807) is 33.0 Å².